The van der Waals surface area contributed by atoms with Crippen LogP contribution in [-0.4, -0.2) is 18.9 Å². The molecule has 0 fully saturated rings. The zero-order valence-corrected chi connectivity index (χ0v) is 21.5. The minimum atomic E-state index is -0.540. The molecule has 0 aliphatic carbocycles. The Balaban J connectivity index is 1.51. The van der Waals surface area contributed by atoms with Crippen molar-refractivity contribution < 1.29 is 14.3 Å². The summed E-state index contributed by atoms with van der Waals surface area (Å²) in [5, 5.41) is 6.25. The van der Waals surface area contributed by atoms with Gasteiger partial charge >= 0.3 is 0 Å². The molecular weight excluding hydrogens is 515 g/mol. The second-order valence-corrected chi connectivity index (χ2v) is 9.78. The van der Waals surface area contributed by atoms with E-state index in [-0.39, 0.29) is 11.8 Å². The van der Waals surface area contributed by atoms with Crippen molar-refractivity contribution in [2.24, 2.45) is 0 Å². The maximum absolute atomic E-state index is 13.4. The van der Waals surface area contributed by atoms with Crippen molar-refractivity contribution in [2.45, 2.75) is 10.1 Å². The van der Waals surface area contributed by atoms with Gasteiger partial charge in [-0.05, 0) is 66.2 Å². The minimum absolute atomic E-state index is 0.217. The van der Waals surface area contributed by atoms with Crippen LogP contribution in [-0.2, 0) is 4.79 Å². The highest BCUT2D eigenvalue weighted by Gasteiger charge is 2.23. The number of hydrogen-bond acceptors (Lipinski definition) is 4. The second-order valence-electron chi connectivity index (χ2n) is 7.73. The molecule has 182 valence electrons. The first-order valence-corrected chi connectivity index (χ1v) is 12.6. The highest BCUT2D eigenvalue weighted by molar-refractivity contribution is 8.00. The third-order valence-electron chi connectivity index (χ3n) is 5.21. The molecule has 4 rings (SSSR count). The van der Waals surface area contributed by atoms with E-state index in [1.807, 2.05) is 42.5 Å². The van der Waals surface area contributed by atoms with E-state index in [1.54, 1.807) is 54.6 Å². The van der Waals surface area contributed by atoms with Crippen LogP contribution in [0, 0.1) is 0 Å². The van der Waals surface area contributed by atoms with Crippen LogP contribution in [0.3, 0.4) is 0 Å². The Hall–Kier alpha value is -3.45. The first kappa shape index (κ1) is 25.6. The fraction of sp³-hybridized carbons (Fsp3) is 0.0714. The van der Waals surface area contributed by atoms with Crippen LogP contribution in [0.2, 0.25) is 10.0 Å². The number of amides is 2. The molecule has 1 unspecified atom stereocenters. The summed E-state index contributed by atoms with van der Waals surface area (Å²) < 4.78 is 5.37. The molecule has 2 amide bonds. The summed E-state index contributed by atoms with van der Waals surface area (Å²) in [5.74, 6) is 0.0457. The molecule has 0 radical (unpaired) electrons. The lowest BCUT2D eigenvalue weighted by atomic mass is 10.1. The molecule has 4 aromatic rings. The van der Waals surface area contributed by atoms with Gasteiger partial charge in [0.15, 0.2) is 0 Å². The summed E-state index contributed by atoms with van der Waals surface area (Å²) >= 11 is 13.5. The van der Waals surface area contributed by atoms with E-state index in [1.165, 1.54) is 18.9 Å². The first-order valence-electron chi connectivity index (χ1n) is 11.0. The molecule has 0 aromatic heterocycles. The molecule has 0 aliphatic rings. The number of hydrogen-bond donors (Lipinski definition) is 2. The number of carbonyl (C=O) groups is 2. The number of rotatable bonds is 8. The fourth-order valence-electron chi connectivity index (χ4n) is 3.46. The van der Waals surface area contributed by atoms with Crippen LogP contribution < -0.4 is 15.4 Å². The van der Waals surface area contributed by atoms with E-state index >= 15 is 0 Å². The third kappa shape index (κ3) is 6.61. The van der Waals surface area contributed by atoms with Crippen LogP contribution in [0.1, 0.15) is 21.2 Å². The van der Waals surface area contributed by atoms with E-state index in [4.69, 9.17) is 27.9 Å². The Morgan fingerprint density at radius 2 is 1.53 bits per heavy atom. The summed E-state index contributed by atoms with van der Waals surface area (Å²) in [6, 6.07) is 28.6. The number of benzene rings is 4. The maximum Gasteiger partial charge on any atom is 0.255 e. The highest BCUT2D eigenvalue weighted by Crippen LogP contribution is 2.38. The summed E-state index contributed by atoms with van der Waals surface area (Å²) in [6.07, 6.45) is 0. The lowest BCUT2D eigenvalue weighted by molar-refractivity contribution is -0.115. The average molecular weight is 537 g/mol. The zero-order chi connectivity index (χ0) is 25.5. The molecular formula is C28H22Cl2N2O3S. The molecule has 0 spiro atoms. The van der Waals surface area contributed by atoms with Gasteiger partial charge in [0, 0.05) is 26.2 Å². The van der Waals surface area contributed by atoms with Gasteiger partial charge in [-0.1, -0.05) is 59.6 Å². The van der Waals surface area contributed by atoms with Crippen LogP contribution >= 0.6 is 35.0 Å². The smallest absolute Gasteiger partial charge is 0.255 e. The SMILES string of the molecule is COc1ccc(Cl)cc1NC(=O)C(Sc1ccc(NC(=O)c2cccc(Cl)c2)cc1)c1ccccc1. The van der Waals surface area contributed by atoms with Gasteiger partial charge in [0.1, 0.15) is 11.0 Å². The minimum Gasteiger partial charge on any atom is -0.495 e. The normalized spacial score (nSPS) is 11.4. The summed E-state index contributed by atoms with van der Waals surface area (Å²) in [5.41, 5.74) is 2.45. The molecule has 0 saturated carbocycles. The van der Waals surface area contributed by atoms with Crippen LogP contribution in [0.5, 0.6) is 5.75 Å². The highest BCUT2D eigenvalue weighted by atomic mass is 35.5. The number of carbonyl (C=O) groups excluding carboxylic acids is 2. The predicted octanol–water partition coefficient (Wildman–Crippen LogP) is 7.73. The molecule has 0 bridgehead atoms. The van der Waals surface area contributed by atoms with Crippen molar-refractivity contribution in [3.63, 3.8) is 0 Å². The number of halogens is 2. The zero-order valence-electron chi connectivity index (χ0n) is 19.2. The Morgan fingerprint density at radius 3 is 2.22 bits per heavy atom. The van der Waals surface area contributed by atoms with Gasteiger partial charge in [0.25, 0.3) is 5.91 Å². The van der Waals surface area contributed by atoms with Crippen molar-refractivity contribution in [1.82, 2.24) is 0 Å². The predicted molar refractivity (Wildman–Crippen MR) is 148 cm³/mol. The van der Waals surface area contributed by atoms with Gasteiger partial charge in [-0.2, -0.15) is 0 Å². The van der Waals surface area contributed by atoms with Crippen LogP contribution in [0.15, 0.2) is 102 Å². The molecule has 8 heteroatoms. The number of anilines is 2. The fourth-order valence-corrected chi connectivity index (χ4v) is 4.85. The lowest BCUT2D eigenvalue weighted by Gasteiger charge is -2.18. The van der Waals surface area contributed by atoms with E-state index in [2.05, 4.69) is 10.6 Å². The van der Waals surface area contributed by atoms with Crippen molar-refractivity contribution in [1.29, 1.82) is 0 Å². The molecule has 4 aromatic carbocycles. The Labute approximate surface area is 223 Å². The average Bonchev–Trinajstić information content (AvgIpc) is 2.89. The molecule has 36 heavy (non-hydrogen) atoms. The molecule has 0 aliphatic heterocycles. The van der Waals surface area contributed by atoms with E-state index in [9.17, 15) is 9.59 Å². The molecule has 1 atom stereocenters. The van der Waals surface area contributed by atoms with Crippen molar-refractivity contribution in [2.75, 3.05) is 17.7 Å². The van der Waals surface area contributed by atoms with Gasteiger partial charge in [-0.25, -0.2) is 0 Å². The number of nitrogens with one attached hydrogen (secondary N) is 2. The van der Waals surface area contributed by atoms with E-state index in [0.29, 0.717) is 32.7 Å². The number of methoxy groups -OCH3 is 1. The molecule has 2 N–H and O–H groups in total. The van der Waals surface area contributed by atoms with Gasteiger partial charge < -0.3 is 15.4 Å². The lowest BCUT2D eigenvalue weighted by Crippen LogP contribution is -2.19. The Bertz CT molecular complexity index is 1370. The van der Waals surface area contributed by atoms with Crippen LogP contribution in [0.4, 0.5) is 11.4 Å². The summed E-state index contributed by atoms with van der Waals surface area (Å²) in [4.78, 5) is 26.8. The van der Waals surface area contributed by atoms with Crippen molar-refractivity contribution in [3.05, 3.63) is 118 Å². The maximum atomic E-state index is 13.4. The van der Waals surface area contributed by atoms with Gasteiger partial charge in [0.05, 0.1) is 12.8 Å². The topological polar surface area (TPSA) is 67.4 Å². The monoisotopic (exact) mass is 536 g/mol. The standard InChI is InChI=1S/C28H22Cl2N2O3S/c1-35-25-15-10-21(30)17-24(25)32-28(34)26(18-6-3-2-4-7-18)36-23-13-11-22(12-14-23)31-27(33)19-8-5-9-20(29)16-19/h2-17,26H,1H3,(H,31,33)(H,32,34). The quantitative estimate of drug-likeness (QED) is 0.226. The number of ether oxygens (including phenoxy) is 1. The van der Waals surface area contributed by atoms with Crippen molar-refractivity contribution in [3.8, 4) is 5.75 Å². The molecule has 5 nitrogen and oxygen atoms in total. The third-order valence-corrected chi connectivity index (χ3v) is 6.95. The van der Waals surface area contributed by atoms with Gasteiger partial charge in [-0.15, -0.1) is 11.8 Å². The molecule has 0 saturated heterocycles. The largest absolute Gasteiger partial charge is 0.495 e. The van der Waals surface area contributed by atoms with Crippen molar-refractivity contribution >= 4 is 58.2 Å². The van der Waals surface area contributed by atoms with Gasteiger partial charge in [-0.3, -0.25) is 9.59 Å². The first-order chi connectivity index (χ1) is 17.4. The van der Waals surface area contributed by atoms with E-state index in [0.717, 1.165) is 10.5 Å². The van der Waals surface area contributed by atoms with E-state index < -0.39 is 5.25 Å². The van der Waals surface area contributed by atoms with Crippen LogP contribution in [0.25, 0.3) is 0 Å². The Morgan fingerprint density at radius 1 is 0.806 bits per heavy atom. The number of thioether (sulfide) groups is 1. The summed E-state index contributed by atoms with van der Waals surface area (Å²) in [6.45, 7) is 0. The molecule has 0 heterocycles. The second kappa shape index (κ2) is 12.0. The Kier molecular flexibility index (Phi) is 8.54. The summed E-state index contributed by atoms with van der Waals surface area (Å²) in [7, 11) is 1.54. The van der Waals surface area contributed by atoms with Gasteiger partial charge in [0.2, 0.25) is 5.91 Å².